The van der Waals surface area contributed by atoms with Crippen molar-refractivity contribution in [3.63, 3.8) is 0 Å². The summed E-state index contributed by atoms with van der Waals surface area (Å²) in [6, 6.07) is 9.93. The molecule has 1 aromatic carbocycles. The zero-order valence-electron chi connectivity index (χ0n) is 12.5. The summed E-state index contributed by atoms with van der Waals surface area (Å²) in [7, 11) is 0. The van der Waals surface area contributed by atoms with Gasteiger partial charge in [0.05, 0.1) is 15.7 Å². The van der Waals surface area contributed by atoms with Crippen molar-refractivity contribution in [2.45, 2.75) is 6.92 Å². The van der Waals surface area contributed by atoms with Crippen LogP contribution in [0.15, 0.2) is 47.1 Å². The average Bonchev–Trinajstić information content (AvgIpc) is 2.97. The van der Waals surface area contributed by atoms with E-state index in [1.807, 2.05) is 0 Å². The fraction of sp³-hybridized carbons (Fsp3) is 0.0625. The highest BCUT2D eigenvalue weighted by molar-refractivity contribution is 6.44. The van der Waals surface area contributed by atoms with E-state index >= 15 is 0 Å². The highest BCUT2D eigenvalue weighted by atomic mass is 35.5. The number of benzene rings is 1. The van der Waals surface area contributed by atoms with Gasteiger partial charge in [0.25, 0.3) is 5.91 Å². The van der Waals surface area contributed by atoms with E-state index in [0.717, 1.165) is 0 Å². The predicted molar refractivity (Wildman–Crippen MR) is 93.2 cm³/mol. The first kappa shape index (κ1) is 16.3. The average molecular weight is 363 g/mol. The molecule has 0 aliphatic heterocycles. The summed E-state index contributed by atoms with van der Waals surface area (Å²) >= 11 is 12.0. The van der Waals surface area contributed by atoms with Gasteiger partial charge in [-0.1, -0.05) is 34.4 Å². The molecule has 0 aliphatic rings. The van der Waals surface area contributed by atoms with Gasteiger partial charge < -0.3 is 15.2 Å². The maximum atomic E-state index is 12.4. The largest absolute Gasteiger partial charge is 0.360 e. The molecule has 24 heavy (non-hydrogen) atoms. The third-order valence-corrected chi connectivity index (χ3v) is 3.92. The molecule has 0 radical (unpaired) electrons. The van der Waals surface area contributed by atoms with E-state index in [4.69, 9.17) is 27.7 Å². The van der Waals surface area contributed by atoms with Crippen LogP contribution >= 0.6 is 23.2 Å². The Labute approximate surface area is 147 Å². The van der Waals surface area contributed by atoms with Gasteiger partial charge in [0, 0.05) is 17.8 Å². The predicted octanol–water partition coefficient (Wildman–Crippen LogP) is 4.68. The number of aromatic nitrogens is 2. The van der Waals surface area contributed by atoms with Crippen LogP contribution in [0.4, 0.5) is 17.3 Å². The van der Waals surface area contributed by atoms with Crippen molar-refractivity contribution >= 4 is 46.4 Å². The Hall–Kier alpha value is -2.57. The van der Waals surface area contributed by atoms with Crippen molar-refractivity contribution in [3.05, 3.63) is 64.0 Å². The molecule has 0 spiro atoms. The standard InChI is InChI=1S/C16H12Cl2N4O2/c1-9-7-14(22-24-9)21-13-8-10(5-6-19-13)16(23)20-12-4-2-3-11(17)15(12)18/h2-8H,1H3,(H,20,23)(H,19,21,22). The summed E-state index contributed by atoms with van der Waals surface area (Å²) < 4.78 is 4.97. The first-order valence-corrected chi connectivity index (χ1v) is 7.70. The molecule has 0 atom stereocenters. The van der Waals surface area contributed by atoms with Crippen LogP contribution in [0.2, 0.25) is 10.0 Å². The Balaban J connectivity index is 1.78. The van der Waals surface area contributed by atoms with Gasteiger partial charge in [0.2, 0.25) is 0 Å². The lowest BCUT2D eigenvalue weighted by molar-refractivity contribution is 0.102. The molecule has 2 heterocycles. The summed E-state index contributed by atoms with van der Waals surface area (Å²) in [5.74, 6) is 1.31. The summed E-state index contributed by atoms with van der Waals surface area (Å²) in [4.78, 5) is 16.5. The summed E-state index contributed by atoms with van der Waals surface area (Å²) in [5.41, 5.74) is 0.844. The maximum absolute atomic E-state index is 12.4. The lowest BCUT2D eigenvalue weighted by atomic mass is 10.2. The number of hydrogen-bond acceptors (Lipinski definition) is 5. The topological polar surface area (TPSA) is 80.0 Å². The van der Waals surface area contributed by atoms with Gasteiger partial charge in [0.1, 0.15) is 11.6 Å². The van der Waals surface area contributed by atoms with Gasteiger partial charge in [0.15, 0.2) is 5.82 Å². The number of hydrogen-bond donors (Lipinski definition) is 2. The molecule has 0 saturated carbocycles. The van der Waals surface area contributed by atoms with Crippen LogP contribution in [0, 0.1) is 6.92 Å². The molecule has 122 valence electrons. The van der Waals surface area contributed by atoms with Crippen molar-refractivity contribution in [1.82, 2.24) is 10.1 Å². The van der Waals surface area contributed by atoms with Crippen molar-refractivity contribution in [3.8, 4) is 0 Å². The Kier molecular flexibility index (Phi) is 4.69. The van der Waals surface area contributed by atoms with Gasteiger partial charge >= 0.3 is 0 Å². The van der Waals surface area contributed by atoms with Crippen LogP contribution in [0.3, 0.4) is 0 Å². The third-order valence-electron chi connectivity index (χ3n) is 3.11. The number of anilines is 3. The van der Waals surface area contributed by atoms with Gasteiger partial charge in [-0.15, -0.1) is 0 Å². The molecule has 2 N–H and O–H groups in total. The minimum atomic E-state index is -0.332. The van der Waals surface area contributed by atoms with Gasteiger partial charge in [-0.3, -0.25) is 4.79 Å². The van der Waals surface area contributed by atoms with E-state index in [1.54, 1.807) is 43.3 Å². The molecule has 3 aromatic rings. The molecule has 0 bridgehead atoms. The molecule has 2 aromatic heterocycles. The Morgan fingerprint density at radius 1 is 1.17 bits per heavy atom. The Morgan fingerprint density at radius 3 is 2.75 bits per heavy atom. The molecular formula is C16H12Cl2N4O2. The monoisotopic (exact) mass is 362 g/mol. The highest BCUT2D eigenvalue weighted by Gasteiger charge is 2.11. The molecule has 0 saturated heterocycles. The second-order valence-corrected chi connectivity index (χ2v) is 5.72. The van der Waals surface area contributed by atoms with Crippen LogP contribution in [0.5, 0.6) is 0 Å². The molecular weight excluding hydrogens is 351 g/mol. The van der Waals surface area contributed by atoms with Crippen molar-refractivity contribution in [2.75, 3.05) is 10.6 Å². The van der Waals surface area contributed by atoms with E-state index in [-0.39, 0.29) is 10.9 Å². The summed E-state index contributed by atoms with van der Waals surface area (Å²) in [5, 5.41) is 10.2. The number of amides is 1. The molecule has 8 heteroatoms. The smallest absolute Gasteiger partial charge is 0.255 e. The minimum Gasteiger partial charge on any atom is -0.360 e. The first-order chi connectivity index (χ1) is 11.5. The van der Waals surface area contributed by atoms with Crippen LogP contribution in [-0.4, -0.2) is 16.0 Å². The fourth-order valence-electron chi connectivity index (χ4n) is 1.99. The second kappa shape index (κ2) is 6.90. The third kappa shape index (κ3) is 3.67. The first-order valence-electron chi connectivity index (χ1n) is 6.94. The molecule has 6 nitrogen and oxygen atoms in total. The van der Waals surface area contributed by atoms with E-state index in [2.05, 4.69) is 20.8 Å². The lowest BCUT2D eigenvalue weighted by Gasteiger charge is -2.09. The molecule has 0 unspecified atom stereocenters. The van der Waals surface area contributed by atoms with Crippen LogP contribution in [0.1, 0.15) is 16.1 Å². The van der Waals surface area contributed by atoms with Crippen molar-refractivity contribution in [2.24, 2.45) is 0 Å². The maximum Gasteiger partial charge on any atom is 0.255 e. The SMILES string of the molecule is Cc1cc(Nc2cc(C(=O)Nc3cccc(Cl)c3Cl)ccn2)no1. The number of nitrogens with zero attached hydrogens (tertiary/aromatic N) is 2. The van der Waals surface area contributed by atoms with Gasteiger partial charge in [-0.2, -0.15) is 0 Å². The number of nitrogens with one attached hydrogen (secondary N) is 2. The molecule has 1 amide bonds. The van der Waals surface area contributed by atoms with Crippen LogP contribution in [0.25, 0.3) is 0 Å². The number of aryl methyl sites for hydroxylation is 1. The van der Waals surface area contributed by atoms with Gasteiger partial charge in [-0.05, 0) is 31.2 Å². The minimum absolute atomic E-state index is 0.290. The van der Waals surface area contributed by atoms with E-state index in [1.165, 1.54) is 6.20 Å². The fourth-order valence-corrected chi connectivity index (χ4v) is 2.34. The van der Waals surface area contributed by atoms with Crippen molar-refractivity contribution in [1.29, 1.82) is 0 Å². The Bertz CT molecular complexity index is 895. The molecule has 0 aliphatic carbocycles. The van der Waals surface area contributed by atoms with Crippen LogP contribution < -0.4 is 10.6 Å². The van der Waals surface area contributed by atoms with Crippen LogP contribution in [-0.2, 0) is 0 Å². The van der Waals surface area contributed by atoms with E-state index < -0.39 is 0 Å². The number of carbonyl (C=O) groups excluding carboxylic acids is 1. The normalized spacial score (nSPS) is 10.5. The number of pyridine rings is 1. The summed E-state index contributed by atoms with van der Waals surface area (Å²) in [6.45, 7) is 1.78. The zero-order valence-corrected chi connectivity index (χ0v) is 14.0. The van der Waals surface area contributed by atoms with Gasteiger partial charge in [-0.25, -0.2) is 4.98 Å². The summed E-state index contributed by atoms with van der Waals surface area (Å²) in [6.07, 6.45) is 1.52. The Morgan fingerprint density at radius 2 is 2.00 bits per heavy atom. The zero-order chi connectivity index (χ0) is 17.1. The quantitative estimate of drug-likeness (QED) is 0.704. The van der Waals surface area contributed by atoms with Crippen molar-refractivity contribution < 1.29 is 9.32 Å². The second-order valence-electron chi connectivity index (χ2n) is 4.93. The highest BCUT2D eigenvalue weighted by Crippen LogP contribution is 2.29. The lowest BCUT2D eigenvalue weighted by Crippen LogP contribution is -2.12. The molecule has 3 rings (SSSR count). The number of rotatable bonds is 4. The van der Waals surface area contributed by atoms with E-state index in [9.17, 15) is 4.79 Å². The number of halogens is 2. The molecule has 0 fully saturated rings. The number of carbonyl (C=O) groups is 1. The van der Waals surface area contributed by atoms with E-state index in [0.29, 0.717) is 33.7 Å².